The van der Waals surface area contributed by atoms with Crippen molar-refractivity contribution in [3.05, 3.63) is 17.7 Å². The summed E-state index contributed by atoms with van der Waals surface area (Å²) in [6.07, 6.45) is 1.10. The Balaban J connectivity index is 0.000000640. The summed E-state index contributed by atoms with van der Waals surface area (Å²) in [4.78, 5) is 15.2. The number of pyridine rings is 1. The van der Waals surface area contributed by atoms with Gasteiger partial charge in [-0.1, -0.05) is 25.7 Å². The molecule has 28 heavy (non-hydrogen) atoms. The largest absolute Gasteiger partial charge is 0.481 e. The van der Waals surface area contributed by atoms with Crippen molar-refractivity contribution in [1.29, 1.82) is 0 Å². The van der Waals surface area contributed by atoms with Crippen LogP contribution in [0.15, 0.2) is 12.1 Å². The van der Waals surface area contributed by atoms with Gasteiger partial charge in [0.25, 0.3) is 5.97 Å². The predicted octanol–water partition coefficient (Wildman–Crippen LogP) is 3.56. The summed E-state index contributed by atoms with van der Waals surface area (Å²) in [5.74, 6) is 0.0209. The maximum Gasteiger partial charge on any atom is 0.421 e. The Kier molecular flexibility index (Phi) is 8.35. The van der Waals surface area contributed by atoms with E-state index in [0.717, 1.165) is 58.4 Å². The molecule has 0 atom stereocenters. The molecule has 6 nitrogen and oxygen atoms in total. The van der Waals surface area contributed by atoms with Gasteiger partial charge in [-0.15, -0.1) is 0 Å². The summed E-state index contributed by atoms with van der Waals surface area (Å²) in [5.41, 5.74) is -0.784. The zero-order valence-electron chi connectivity index (χ0n) is 16.1. The van der Waals surface area contributed by atoms with Crippen molar-refractivity contribution in [3.63, 3.8) is 0 Å². The Morgan fingerprint density at radius 2 is 1.89 bits per heavy atom. The van der Waals surface area contributed by atoms with Crippen LogP contribution in [0.25, 0.3) is 0 Å². The highest BCUT2D eigenvalue weighted by molar-refractivity contribution is 5.62. The molecule has 0 bridgehead atoms. The molecule has 2 fully saturated rings. The molecule has 0 aromatic carbocycles. The molecule has 0 amide bonds. The van der Waals surface area contributed by atoms with Gasteiger partial charge < -0.3 is 20.1 Å². The molecule has 3 rings (SSSR count). The number of carboxylic acids is 1. The van der Waals surface area contributed by atoms with E-state index in [2.05, 4.69) is 10.3 Å². The van der Waals surface area contributed by atoms with Crippen molar-refractivity contribution in [2.75, 3.05) is 37.7 Å². The van der Waals surface area contributed by atoms with E-state index in [1.807, 2.05) is 4.90 Å². The first-order valence-corrected chi connectivity index (χ1v) is 9.63. The number of hydrogen-bond acceptors (Lipinski definition) is 5. The Morgan fingerprint density at radius 1 is 1.29 bits per heavy atom. The van der Waals surface area contributed by atoms with Crippen molar-refractivity contribution in [3.8, 4) is 5.88 Å². The number of rotatable bonds is 5. The maximum absolute atomic E-state index is 13.2. The SMILES string of the molecule is CC(=O)O.FC(F)(F)c1ccc(N2CCNCC2)nc1OCCC1CCCC1. The van der Waals surface area contributed by atoms with Crippen molar-refractivity contribution in [1.82, 2.24) is 10.3 Å². The highest BCUT2D eigenvalue weighted by atomic mass is 19.4. The lowest BCUT2D eigenvalue weighted by atomic mass is 10.1. The first-order valence-electron chi connectivity index (χ1n) is 9.63. The molecule has 1 aliphatic heterocycles. The standard InChI is InChI=1S/C17H24F3N3O.C2H4O2/c18-17(19,20)14-5-6-15(23-10-8-21-9-11-23)22-16(14)24-12-7-13-3-1-2-4-13;1-2(3)4/h5-6,13,21H,1-4,7-12H2;1H3,(H,3,4). The third-order valence-electron chi connectivity index (χ3n) is 4.83. The van der Waals surface area contributed by atoms with Crippen LogP contribution in [0.1, 0.15) is 44.6 Å². The lowest BCUT2D eigenvalue weighted by Crippen LogP contribution is -2.43. The number of halogens is 3. The van der Waals surface area contributed by atoms with Gasteiger partial charge in [-0.2, -0.15) is 18.2 Å². The number of anilines is 1. The molecule has 1 saturated carbocycles. The number of hydrogen-bond donors (Lipinski definition) is 2. The molecule has 2 aliphatic rings. The summed E-state index contributed by atoms with van der Waals surface area (Å²) in [5, 5.41) is 10.6. The summed E-state index contributed by atoms with van der Waals surface area (Å²) < 4.78 is 45.1. The number of carbonyl (C=O) groups is 1. The molecule has 0 radical (unpaired) electrons. The zero-order valence-corrected chi connectivity index (χ0v) is 16.1. The lowest BCUT2D eigenvalue weighted by Gasteiger charge is -2.29. The molecule has 9 heteroatoms. The number of aromatic nitrogens is 1. The zero-order chi connectivity index (χ0) is 20.6. The first-order chi connectivity index (χ1) is 13.3. The Bertz CT molecular complexity index is 625. The maximum atomic E-state index is 13.2. The van der Waals surface area contributed by atoms with E-state index < -0.39 is 17.7 Å². The van der Waals surface area contributed by atoms with E-state index in [-0.39, 0.29) is 5.88 Å². The van der Waals surface area contributed by atoms with Crippen LogP contribution in [0.5, 0.6) is 5.88 Å². The van der Waals surface area contributed by atoms with Crippen LogP contribution >= 0.6 is 0 Å². The van der Waals surface area contributed by atoms with Gasteiger partial charge in [0, 0.05) is 33.1 Å². The molecule has 0 unspecified atom stereocenters. The minimum absolute atomic E-state index is 0.281. The van der Waals surface area contributed by atoms with E-state index in [0.29, 0.717) is 18.3 Å². The van der Waals surface area contributed by atoms with Gasteiger partial charge in [0.05, 0.1) is 6.61 Å². The fourth-order valence-electron chi connectivity index (χ4n) is 3.45. The van der Waals surface area contributed by atoms with Crippen molar-refractivity contribution in [2.24, 2.45) is 5.92 Å². The van der Waals surface area contributed by atoms with E-state index in [4.69, 9.17) is 14.6 Å². The summed E-state index contributed by atoms with van der Waals surface area (Å²) in [7, 11) is 0. The fraction of sp³-hybridized carbons (Fsp3) is 0.684. The van der Waals surface area contributed by atoms with Crippen molar-refractivity contribution >= 4 is 11.8 Å². The van der Waals surface area contributed by atoms with E-state index in [1.165, 1.54) is 18.9 Å². The number of aliphatic carboxylic acids is 1. The molecule has 2 heterocycles. The summed E-state index contributed by atoms with van der Waals surface area (Å²) in [6, 6.07) is 2.53. The highest BCUT2D eigenvalue weighted by Crippen LogP contribution is 2.37. The van der Waals surface area contributed by atoms with Crippen LogP contribution in [0, 0.1) is 5.92 Å². The second kappa shape index (κ2) is 10.5. The number of nitrogens with zero attached hydrogens (tertiary/aromatic N) is 2. The topological polar surface area (TPSA) is 74.7 Å². The summed E-state index contributed by atoms with van der Waals surface area (Å²) >= 11 is 0. The first kappa shape index (κ1) is 22.3. The van der Waals surface area contributed by atoms with E-state index >= 15 is 0 Å². The highest BCUT2D eigenvalue weighted by Gasteiger charge is 2.36. The monoisotopic (exact) mass is 403 g/mol. The third-order valence-corrected chi connectivity index (χ3v) is 4.83. The Morgan fingerprint density at radius 3 is 2.46 bits per heavy atom. The van der Waals surface area contributed by atoms with E-state index in [9.17, 15) is 13.2 Å². The van der Waals surface area contributed by atoms with Crippen molar-refractivity contribution < 1.29 is 27.8 Å². The number of ether oxygens (including phenoxy) is 1. The Hall–Kier alpha value is -2.03. The van der Waals surface area contributed by atoms with Gasteiger partial charge >= 0.3 is 6.18 Å². The van der Waals surface area contributed by atoms with Crippen LogP contribution in [0.3, 0.4) is 0 Å². The van der Waals surface area contributed by atoms with Crippen LogP contribution in [-0.4, -0.2) is 48.8 Å². The smallest absolute Gasteiger partial charge is 0.421 e. The molecule has 2 N–H and O–H groups in total. The van der Waals surface area contributed by atoms with Crippen LogP contribution in [0.4, 0.5) is 19.0 Å². The average molecular weight is 403 g/mol. The minimum atomic E-state index is -4.45. The molecule has 1 aromatic heterocycles. The molecular weight excluding hydrogens is 375 g/mol. The van der Waals surface area contributed by atoms with Gasteiger partial charge in [-0.05, 0) is 24.5 Å². The molecular formula is C19H28F3N3O3. The average Bonchev–Trinajstić information content (AvgIpc) is 3.14. The van der Waals surface area contributed by atoms with Crippen LogP contribution in [-0.2, 0) is 11.0 Å². The lowest BCUT2D eigenvalue weighted by molar-refractivity contribution is -0.139. The Labute approximate surface area is 163 Å². The van der Waals surface area contributed by atoms with Crippen LogP contribution in [0.2, 0.25) is 0 Å². The number of alkyl halides is 3. The quantitative estimate of drug-likeness (QED) is 0.783. The fourth-order valence-corrected chi connectivity index (χ4v) is 3.45. The van der Waals surface area contributed by atoms with Gasteiger partial charge in [-0.3, -0.25) is 4.79 Å². The second-order valence-electron chi connectivity index (χ2n) is 7.06. The second-order valence-corrected chi connectivity index (χ2v) is 7.06. The van der Waals surface area contributed by atoms with E-state index in [1.54, 1.807) is 0 Å². The third kappa shape index (κ3) is 7.18. The normalized spacial score (nSPS) is 17.8. The number of piperazine rings is 1. The molecule has 158 valence electrons. The number of nitrogens with one attached hydrogen (secondary N) is 1. The van der Waals surface area contributed by atoms with Crippen LogP contribution < -0.4 is 15.0 Å². The molecule has 1 aromatic rings. The molecule has 1 saturated heterocycles. The predicted molar refractivity (Wildman–Crippen MR) is 99.7 cm³/mol. The van der Waals surface area contributed by atoms with Crippen molar-refractivity contribution in [2.45, 2.75) is 45.2 Å². The number of carboxylic acid groups (broad SMARTS) is 1. The minimum Gasteiger partial charge on any atom is -0.481 e. The molecule has 1 aliphatic carbocycles. The summed E-state index contributed by atoms with van der Waals surface area (Å²) in [6.45, 7) is 4.46. The van der Waals surface area contributed by atoms with Gasteiger partial charge in [0.15, 0.2) is 0 Å². The van der Waals surface area contributed by atoms with Gasteiger partial charge in [0.2, 0.25) is 5.88 Å². The van der Waals surface area contributed by atoms with Gasteiger partial charge in [0.1, 0.15) is 11.4 Å². The molecule has 0 spiro atoms. The van der Waals surface area contributed by atoms with Gasteiger partial charge in [-0.25, -0.2) is 0 Å².